The molecule has 0 N–H and O–H groups in total. The highest BCUT2D eigenvalue weighted by Crippen LogP contribution is 2.41. The fourth-order valence-corrected chi connectivity index (χ4v) is 1.72. The first-order valence-electron chi connectivity index (χ1n) is 4.31. The molecule has 1 unspecified atom stereocenters. The lowest BCUT2D eigenvalue weighted by atomic mass is 9.71. The molecular weight excluding hydrogens is 146 g/mol. The predicted molar refractivity (Wildman–Crippen MR) is 52.2 cm³/mol. The van der Waals surface area contributed by atoms with Crippen LogP contribution in [0.25, 0.3) is 0 Å². The summed E-state index contributed by atoms with van der Waals surface area (Å²) in [5.74, 6) is 0. The number of rotatable bonds is 0. The Hall–Kier alpha value is -1.11. The van der Waals surface area contributed by atoms with Crippen molar-refractivity contribution in [2.24, 2.45) is 10.4 Å². The van der Waals surface area contributed by atoms with Crippen LogP contribution >= 0.6 is 0 Å². The van der Waals surface area contributed by atoms with E-state index in [0.29, 0.717) is 0 Å². The van der Waals surface area contributed by atoms with E-state index in [1.54, 1.807) is 0 Å². The van der Waals surface area contributed by atoms with Crippen molar-refractivity contribution in [2.45, 2.75) is 20.3 Å². The molecule has 12 heavy (non-hydrogen) atoms. The molecule has 0 saturated carbocycles. The molecule has 0 bridgehead atoms. The zero-order valence-corrected chi connectivity index (χ0v) is 7.54. The van der Waals surface area contributed by atoms with Crippen molar-refractivity contribution in [1.29, 1.82) is 0 Å². The topological polar surface area (TPSA) is 12.4 Å². The molecule has 0 amide bonds. The third-order valence-electron chi connectivity index (χ3n) is 2.93. The van der Waals surface area contributed by atoms with E-state index in [1.165, 1.54) is 11.1 Å². The quantitative estimate of drug-likeness (QED) is 0.515. The van der Waals surface area contributed by atoms with Gasteiger partial charge in [-0.25, -0.2) is 0 Å². The van der Waals surface area contributed by atoms with Crippen LogP contribution < -0.4 is 0 Å². The number of hydrogen-bond donors (Lipinski definition) is 0. The summed E-state index contributed by atoms with van der Waals surface area (Å²) >= 11 is 0. The minimum absolute atomic E-state index is 0.219. The van der Waals surface area contributed by atoms with Crippen molar-refractivity contribution in [3.8, 4) is 0 Å². The lowest BCUT2D eigenvalue weighted by molar-refractivity contribution is 0.496. The minimum atomic E-state index is 0.219. The van der Waals surface area contributed by atoms with Gasteiger partial charge in [0.2, 0.25) is 0 Å². The van der Waals surface area contributed by atoms with Crippen LogP contribution in [0.4, 0.5) is 0 Å². The number of aliphatic imine (C=N–C) groups is 1. The number of hydrogen-bond acceptors (Lipinski definition) is 1. The highest BCUT2D eigenvalue weighted by atomic mass is 14.7. The fraction of sp³-hybridized carbons (Fsp3) is 0.364. The lowest BCUT2D eigenvalue weighted by Crippen LogP contribution is -2.24. The van der Waals surface area contributed by atoms with Crippen molar-refractivity contribution >= 4 is 6.21 Å². The van der Waals surface area contributed by atoms with E-state index >= 15 is 0 Å². The van der Waals surface area contributed by atoms with Crippen LogP contribution in [0.3, 0.4) is 0 Å². The van der Waals surface area contributed by atoms with Crippen molar-refractivity contribution < 1.29 is 0 Å². The van der Waals surface area contributed by atoms with Gasteiger partial charge in [0.05, 0.1) is 0 Å². The average Bonchev–Trinajstić information content (AvgIpc) is 2.07. The Morgan fingerprint density at radius 1 is 1.50 bits per heavy atom. The summed E-state index contributed by atoms with van der Waals surface area (Å²) in [4.78, 5) is 4.20. The van der Waals surface area contributed by atoms with Crippen molar-refractivity contribution in [1.82, 2.24) is 0 Å². The van der Waals surface area contributed by atoms with Crippen LogP contribution in [0.2, 0.25) is 0 Å². The van der Waals surface area contributed by atoms with Crippen LogP contribution in [0.5, 0.6) is 0 Å². The molecule has 1 heteroatoms. The van der Waals surface area contributed by atoms with Gasteiger partial charge in [-0.1, -0.05) is 25.2 Å². The van der Waals surface area contributed by atoms with Gasteiger partial charge in [0.1, 0.15) is 0 Å². The molecule has 62 valence electrons. The second-order valence-electron chi connectivity index (χ2n) is 3.68. The van der Waals surface area contributed by atoms with E-state index in [1.807, 2.05) is 12.4 Å². The number of fused-ring (bicyclic) bond motifs is 1. The van der Waals surface area contributed by atoms with Gasteiger partial charge >= 0.3 is 0 Å². The first kappa shape index (κ1) is 7.53. The summed E-state index contributed by atoms with van der Waals surface area (Å²) in [5, 5.41) is 0. The van der Waals surface area contributed by atoms with Gasteiger partial charge in [0, 0.05) is 17.8 Å². The SMILES string of the molecule is CC1=CN=CC2=CC=CCC12C. The molecule has 0 aromatic rings. The summed E-state index contributed by atoms with van der Waals surface area (Å²) in [6.45, 7) is 4.43. The third-order valence-corrected chi connectivity index (χ3v) is 2.93. The molecule has 0 aromatic heterocycles. The average molecular weight is 159 g/mol. The van der Waals surface area contributed by atoms with E-state index in [-0.39, 0.29) is 5.41 Å². The maximum absolute atomic E-state index is 4.20. The van der Waals surface area contributed by atoms with E-state index in [9.17, 15) is 0 Å². The van der Waals surface area contributed by atoms with Gasteiger partial charge in [-0.2, -0.15) is 0 Å². The molecule has 0 saturated heterocycles. The zero-order chi connectivity index (χ0) is 8.60. The van der Waals surface area contributed by atoms with Crippen LogP contribution in [0.15, 0.2) is 40.6 Å². The first-order chi connectivity index (χ1) is 5.73. The smallest absolute Gasteiger partial charge is 0.0308 e. The maximum atomic E-state index is 4.20. The summed E-state index contributed by atoms with van der Waals surface area (Å²) < 4.78 is 0. The van der Waals surface area contributed by atoms with Crippen molar-refractivity contribution in [3.05, 3.63) is 35.6 Å². The second-order valence-corrected chi connectivity index (χ2v) is 3.68. The molecule has 1 heterocycles. The van der Waals surface area contributed by atoms with E-state index in [4.69, 9.17) is 0 Å². The Balaban J connectivity index is 2.50. The number of nitrogens with zero attached hydrogens (tertiary/aromatic N) is 1. The summed E-state index contributed by atoms with van der Waals surface area (Å²) in [7, 11) is 0. The Labute approximate surface area is 73.2 Å². The summed E-state index contributed by atoms with van der Waals surface area (Å²) in [5.41, 5.74) is 2.92. The van der Waals surface area contributed by atoms with E-state index in [2.05, 4.69) is 37.1 Å². The highest BCUT2D eigenvalue weighted by molar-refractivity contribution is 5.84. The summed E-state index contributed by atoms with van der Waals surface area (Å²) in [6, 6.07) is 0. The maximum Gasteiger partial charge on any atom is 0.0308 e. The summed E-state index contributed by atoms with van der Waals surface area (Å²) in [6.07, 6.45) is 11.5. The second kappa shape index (κ2) is 2.44. The molecule has 0 fully saturated rings. The Bertz CT molecular complexity index is 318. The molecule has 1 nitrogen and oxygen atoms in total. The monoisotopic (exact) mass is 159 g/mol. The van der Waals surface area contributed by atoms with Gasteiger partial charge in [0.15, 0.2) is 0 Å². The molecule has 0 spiro atoms. The third kappa shape index (κ3) is 0.893. The Morgan fingerprint density at radius 2 is 2.33 bits per heavy atom. The lowest BCUT2D eigenvalue weighted by Gasteiger charge is -2.34. The molecular formula is C11H13N. The molecule has 2 aliphatic rings. The van der Waals surface area contributed by atoms with Crippen molar-refractivity contribution in [3.63, 3.8) is 0 Å². The molecule has 1 aliphatic heterocycles. The normalized spacial score (nSPS) is 32.5. The van der Waals surface area contributed by atoms with Crippen LogP contribution in [0, 0.1) is 5.41 Å². The fourth-order valence-electron chi connectivity index (χ4n) is 1.72. The largest absolute Gasteiger partial charge is 0.264 e. The molecule has 1 atom stereocenters. The van der Waals surface area contributed by atoms with E-state index in [0.717, 1.165) is 6.42 Å². The van der Waals surface area contributed by atoms with Gasteiger partial charge in [-0.3, -0.25) is 4.99 Å². The number of allylic oxidation sites excluding steroid dienone is 5. The molecule has 0 aromatic carbocycles. The van der Waals surface area contributed by atoms with Gasteiger partial charge < -0.3 is 0 Å². The van der Waals surface area contributed by atoms with Crippen LogP contribution in [-0.2, 0) is 0 Å². The van der Waals surface area contributed by atoms with Crippen molar-refractivity contribution in [2.75, 3.05) is 0 Å². The van der Waals surface area contributed by atoms with Crippen LogP contribution in [0.1, 0.15) is 20.3 Å². The first-order valence-corrected chi connectivity index (χ1v) is 4.31. The van der Waals surface area contributed by atoms with E-state index < -0.39 is 0 Å². The van der Waals surface area contributed by atoms with Gasteiger partial charge in [-0.15, -0.1) is 0 Å². The minimum Gasteiger partial charge on any atom is -0.264 e. The van der Waals surface area contributed by atoms with Gasteiger partial charge in [-0.05, 0) is 24.5 Å². The van der Waals surface area contributed by atoms with Gasteiger partial charge in [0.25, 0.3) is 0 Å². The molecule has 2 rings (SSSR count). The van der Waals surface area contributed by atoms with Crippen LogP contribution in [-0.4, -0.2) is 6.21 Å². The Morgan fingerprint density at radius 3 is 3.08 bits per heavy atom. The molecule has 0 radical (unpaired) electrons. The molecule has 1 aliphatic carbocycles. The predicted octanol–water partition coefficient (Wildman–Crippen LogP) is 2.87. The highest BCUT2D eigenvalue weighted by Gasteiger charge is 2.31. The zero-order valence-electron chi connectivity index (χ0n) is 7.54. The standard InChI is InChI=1S/C11H13N/c1-9-7-12-8-10-5-3-4-6-11(9,10)2/h3-5,7-8H,6H2,1-2H3. The Kier molecular flexibility index (Phi) is 1.53.